The molecular weight excluding hydrogens is 216 g/mol. The van der Waals surface area contributed by atoms with Crippen molar-refractivity contribution in [1.82, 2.24) is 10.3 Å². The molecule has 0 aromatic carbocycles. The predicted octanol–water partition coefficient (Wildman–Crippen LogP) is 2.21. The van der Waals surface area contributed by atoms with Gasteiger partial charge in [0.1, 0.15) is 5.58 Å². The zero-order chi connectivity index (χ0) is 11.5. The van der Waals surface area contributed by atoms with E-state index < -0.39 is 0 Å². The van der Waals surface area contributed by atoms with Crippen LogP contribution < -0.4 is 10.1 Å². The lowest BCUT2D eigenvalue weighted by Crippen LogP contribution is -2.33. The van der Waals surface area contributed by atoms with Crippen molar-refractivity contribution in [3.05, 3.63) is 24.6 Å². The van der Waals surface area contributed by atoms with Crippen LogP contribution in [0.3, 0.4) is 0 Å². The normalized spacial score (nSPS) is 20.6. The first-order valence-electron chi connectivity index (χ1n) is 6.09. The minimum atomic E-state index is 0.590. The highest BCUT2D eigenvalue weighted by Gasteiger charge is 2.14. The first kappa shape index (κ1) is 10.6. The molecule has 0 saturated carbocycles. The molecule has 1 N–H and O–H groups in total. The van der Waals surface area contributed by atoms with Gasteiger partial charge in [0.2, 0.25) is 5.88 Å². The molecule has 0 radical (unpaired) electrons. The van der Waals surface area contributed by atoms with E-state index in [2.05, 4.69) is 10.3 Å². The maximum atomic E-state index is 5.81. The second-order valence-corrected chi connectivity index (χ2v) is 4.47. The fraction of sp³-hybridized carbons (Fsp3) is 0.462. The van der Waals surface area contributed by atoms with E-state index in [4.69, 9.17) is 9.15 Å². The van der Waals surface area contributed by atoms with Crippen LogP contribution in [0.25, 0.3) is 11.0 Å². The van der Waals surface area contributed by atoms with Crippen LogP contribution in [-0.4, -0.2) is 24.7 Å². The van der Waals surface area contributed by atoms with Gasteiger partial charge in [-0.1, -0.05) is 0 Å². The summed E-state index contributed by atoms with van der Waals surface area (Å²) < 4.78 is 11.1. The van der Waals surface area contributed by atoms with E-state index in [0.717, 1.165) is 30.7 Å². The van der Waals surface area contributed by atoms with E-state index in [1.807, 2.05) is 12.1 Å². The van der Waals surface area contributed by atoms with Gasteiger partial charge in [-0.3, -0.25) is 0 Å². The molecule has 0 bridgehead atoms. The summed E-state index contributed by atoms with van der Waals surface area (Å²) >= 11 is 0. The van der Waals surface area contributed by atoms with E-state index in [9.17, 15) is 0 Å². The van der Waals surface area contributed by atoms with Crippen molar-refractivity contribution in [2.45, 2.75) is 12.8 Å². The maximum absolute atomic E-state index is 5.81. The summed E-state index contributed by atoms with van der Waals surface area (Å²) in [6.07, 6.45) is 5.85. The predicted molar refractivity (Wildman–Crippen MR) is 65.1 cm³/mol. The van der Waals surface area contributed by atoms with Crippen molar-refractivity contribution in [2.75, 3.05) is 19.7 Å². The second kappa shape index (κ2) is 4.75. The number of hydrogen-bond acceptors (Lipinski definition) is 4. The number of nitrogens with one attached hydrogen (secondary N) is 1. The van der Waals surface area contributed by atoms with Crippen LogP contribution in [0.15, 0.2) is 29.0 Å². The van der Waals surface area contributed by atoms with Gasteiger partial charge >= 0.3 is 0 Å². The molecule has 2 aromatic heterocycles. The van der Waals surface area contributed by atoms with Crippen molar-refractivity contribution in [2.24, 2.45) is 5.92 Å². The molecule has 4 nitrogen and oxygen atoms in total. The van der Waals surface area contributed by atoms with E-state index >= 15 is 0 Å². The van der Waals surface area contributed by atoms with Gasteiger partial charge in [-0.25, -0.2) is 4.98 Å². The van der Waals surface area contributed by atoms with Crippen molar-refractivity contribution in [3.63, 3.8) is 0 Å². The molecule has 90 valence electrons. The number of pyridine rings is 1. The number of fused-ring (bicyclic) bond motifs is 1. The van der Waals surface area contributed by atoms with Crippen molar-refractivity contribution >= 4 is 11.0 Å². The van der Waals surface area contributed by atoms with E-state index in [-0.39, 0.29) is 0 Å². The number of piperidine rings is 1. The Morgan fingerprint density at radius 2 is 2.47 bits per heavy atom. The number of nitrogens with zero attached hydrogens (tertiary/aromatic N) is 1. The molecule has 0 aliphatic carbocycles. The molecule has 1 fully saturated rings. The third-order valence-electron chi connectivity index (χ3n) is 3.20. The first-order chi connectivity index (χ1) is 8.43. The van der Waals surface area contributed by atoms with Crippen LogP contribution in [0.1, 0.15) is 12.8 Å². The molecule has 1 atom stereocenters. The minimum Gasteiger partial charge on any atom is -0.477 e. The lowest BCUT2D eigenvalue weighted by Gasteiger charge is -2.22. The highest BCUT2D eigenvalue weighted by Crippen LogP contribution is 2.24. The maximum Gasteiger partial charge on any atom is 0.224 e. The molecule has 1 aliphatic heterocycles. The Hall–Kier alpha value is -1.55. The van der Waals surface area contributed by atoms with Gasteiger partial charge in [0, 0.05) is 18.7 Å². The summed E-state index contributed by atoms with van der Waals surface area (Å²) in [5, 5.41) is 4.34. The summed E-state index contributed by atoms with van der Waals surface area (Å²) in [7, 11) is 0. The fourth-order valence-corrected chi connectivity index (χ4v) is 2.25. The molecule has 1 unspecified atom stereocenters. The summed E-state index contributed by atoms with van der Waals surface area (Å²) in [5.74, 6) is 1.27. The average Bonchev–Trinajstić information content (AvgIpc) is 2.86. The molecule has 3 heterocycles. The Kier molecular flexibility index (Phi) is 2.96. The van der Waals surface area contributed by atoms with Crippen molar-refractivity contribution in [3.8, 4) is 5.88 Å². The fourth-order valence-electron chi connectivity index (χ4n) is 2.25. The van der Waals surface area contributed by atoms with Gasteiger partial charge in [-0.15, -0.1) is 0 Å². The third-order valence-corrected chi connectivity index (χ3v) is 3.20. The first-order valence-corrected chi connectivity index (χ1v) is 6.09. The zero-order valence-electron chi connectivity index (χ0n) is 9.69. The van der Waals surface area contributed by atoms with Gasteiger partial charge in [0.25, 0.3) is 0 Å². The van der Waals surface area contributed by atoms with Gasteiger partial charge in [-0.2, -0.15) is 0 Å². The summed E-state index contributed by atoms with van der Waals surface area (Å²) in [6.45, 7) is 2.90. The number of furan rings is 1. The standard InChI is InChI=1S/C13H16N2O2/c1-2-10(8-14-5-1)9-17-13-11-4-7-16-12(11)3-6-15-13/h3-4,6-7,10,14H,1-2,5,8-9H2. The van der Waals surface area contributed by atoms with E-state index in [0.29, 0.717) is 11.8 Å². The Morgan fingerprint density at radius 1 is 1.47 bits per heavy atom. The van der Waals surface area contributed by atoms with Crippen molar-refractivity contribution in [1.29, 1.82) is 0 Å². The molecule has 3 rings (SSSR count). The highest BCUT2D eigenvalue weighted by atomic mass is 16.5. The lowest BCUT2D eigenvalue weighted by molar-refractivity contribution is 0.214. The Morgan fingerprint density at radius 3 is 3.35 bits per heavy atom. The van der Waals surface area contributed by atoms with Gasteiger partial charge in [0.05, 0.1) is 18.3 Å². The second-order valence-electron chi connectivity index (χ2n) is 4.47. The van der Waals surface area contributed by atoms with Gasteiger partial charge < -0.3 is 14.5 Å². The number of rotatable bonds is 3. The Bertz CT molecular complexity index is 489. The summed E-state index contributed by atoms with van der Waals surface area (Å²) in [4.78, 5) is 4.26. The quantitative estimate of drug-likeness (QED) is 0.881. The van der Waals surface area contributed by atoms with Crippen molar-refractivity contribution < 1.29 is 9.15 Å². The topological polar surface area (TPSA) is 47.3 Å². The van der Waals surface area contributed by atoms with Crippen LogP contribution in [-0.2, 0) is 0 Å². The molecule has 17 heavy (non-hydrogen) atoms. The van der Waals surface area contributed by atoms with E-state index in [1.165, 1.54) is 12.8 Å². The Balaban J connectivity index is 1.69. The molecule has 1 saturated heterocycles. The summed E-state index contributed by atoms with van der Waals surface area (Å²) in [5.41, 5.74) is 0.830. The molecule has 1 aliphatic rings. The highest BCUT2D eigenvalue weighted by molar-refractivity contribution is 5.81. The molecule has 2 aromatic rings. The molecule has 0 amide bonds. The van der Waals surface area contributed by atoms with Gasteiger partial charge in [-0.05, 0) is 31.5 Å². The zero-order valence-corrected chi connectivity index (χ0v) is 9.69. The number of aromatic nitrogens is 1. The van der Waals surface area contributed by atoms with Gasteiger partial charge in [0.15, 0.2) is 0 Å². The van der Waals surface area contributed by atoms with Crippen LogP contribution in [0.4, 0.5) is 0 Å². The van der Waals surface area contributed by atoms with Crippen LogP contribution in [0, 0.1) is 5.92 Å². The molecule has 0 spiro atoms. The SMILES string of the molecule is c1cc2occc2c(OCC2CCCNC2)n1. The third kappa shape index (κ3) is 2.26. The van der Waals surface area contributed by atoms with E-state index in [1.54, 1.807) is 12.5 Å². The largest absolute Gasteiger partial charge is 0.477 e. The number of ether oxygens (including phenoxy) is 1. The average molecular weight is 232 g/mol. The monoisotopic (exact) mass is 232 g/mol. The number of hydrogen-bond donors (Lipinski definition) is 1. The van der Waals surface area contributed by atoms with Crippen LogP contribution in [0.2, 0.25) is 0 Å². The summed E-state index contributed by atoms with van der Waals surface area (Å²) in [6, 6.07) is 3.75. The van der Waals surface area contributed by atoms with Crippen LogP contribution >= 0.6 is 0 Å². The molecular formula is C13H16N2O2. The minimum absolute atomic E-state index is 0.590. The Labute approximate surface area is 100.0 Å². The van der Waals surface area contributed by atoms with Crippen LogP contribution in [0.5, 0.6) is 5.88 Å². The molecule has 4 heteroatoms. The lowest BCUT2D eigenvalue weighted by atomic mass is 10.0. The smallest absolute Gasteiger partial charge is 0.224 e.